The third-order valence-corrected chi connectivity index (χ3v) is 0.860. The lowest BCUT2D eigenvalue weighted by Gasteiger charge is -1.93. The molecule has 0 saturated heterocycles. The first-order valence-corrected chi connectivity index (χ1v) is 2.82. The van der Waals surface area contributed by atoms with Crippen LogP contribution in [0.4, 0.5) is 0 Å². The smallest absolute Gasteiger partial charge is 0.332 e. The van der Waals surface area contributed by atoms with Gasteiger partial charge in [0.25, 0.3) is 0 Å². The highest BCUT2D eigenvalue weighted by molar-refractivity contribution is 5.85. The molecule has 3 heteroatoms. The first-order chi connectivity index (χ1) is 4.18. The quantitative estimate of drug-likeness (QED) is 0.548. The lowest BCUT2D eigenvalue weighted by Crippen LogP contribution is -2.07. The van der Waals surface area contributed by atoms with Gasteiger partial charge in [-0.05, 0) is 13.8 Å². The molecule has 0 aromatic heterocycles. The van der Waals surface area contributed by atoms with Crippen LogP contribution in [0.5, 0.6) is 0 Å². The van der Waals surface area contributed by atoms with Gasteiger partial charge in [0, 0.05) is 18.3 Å². The number of hydrogen-bond acceptors (Lipinski definition) is 2. The third kappa shape index (κ3) is 3.58. The van der Waals surface area contributed by atoms with E-state index in [9.17, 15) is 4.79 Å². The molecule has 0 amide bonds. The molecule has 0 radical (unpaired) electrons. The Morgan fingerprint density at radius 3 is 2.67 bits per heavy atom. The van der Waals surface area contributed by atoms with Crippen molar-refractivity contribution in [2.24, 2.45) is 0 Å². The molecule has 3 nitrogen and oxygen atoms in total. The van der Waals surface area contributed by atoms with Crippen LogP contribution in [-0.4, -0.2) is 17.6 Å². The minimum atomic E-state index is -0.879. The van der Waals surface area contributed by atoms with Crippen molar-refractivity contribution < 1.29 is 9.90 Å². The maximum atomic E-state index is 10.1. The minimum Gasteiger partial charge on any atom is -0.478 e. The Morgan fingerprint density at radius 2 is 2.33 bits per heavy atom. The van der Waals surface area contributed by atoms with Crippen molar-refractivity contribution in [2.75, 3.05) is 6.54 Å². The van der Waals surface area contributed by atoms with E-state index in [0.717, 1.165) is 6.54 Å². The highest BCUT2D eigenvalue weighted by atomic mass is 16.4. The molecule has 0 spiro atoms. The summed E-state index contributed by atoms with van der Waals surface area (Å²) in [7, 11) is 0. The van der Waals surface area contributed by atoms with Gasteiger partial charge >= 0.3 is 5.97 Å². The Morgan fingerprint density at radius 1 is 1.78 bits per heavy atom. The number of hydrogen-bond donors (Lipinski definition) is 2. The fourth-order valence-corrected chi connectivity index (χ4v) is 0.317. The predicted octanol–water partition coefficient (Wildman–Crippen LogP) is 0.584. The van der Waals surface area contributed by atoms with Crippen LogP contribution in [0, 0.1) is 0 Å². The van der Waals surface area contributed by atoms with Crippen molar-refractivity contribution in [2.45, 2.75) is 13.8 Å². The lowest BCUT2D eigenvalue weighted by molar-refractivity contribution is -0.132. The van der Waals surface area contributed by atoms with Crippen molar-refractivity contribution in [3.05, 3.63) is 11.8 Å². The number of carboxylic acids is 1. The third-order valence-electron chi connectivity index (χ3n) is 0.860. The zero-order valence-electron chi connectivity index (χ0n) is 5.64. The van der Waals surface area contributed by atoms with Crippen molar-refractivity contribution >= 4 is 5.97 Å². The first-order valence-electron chi connectivity index (χ1n) is 2.82. The van der Waals surface area contributed by atoms with Crippen LogP contribution in [0.1, 0.15) is 13.8 Å². The Bertz CT molecular complexity index is 129. The highest BCUT2D eigenvalue weighted by Gasteiger charge is 1.95. The van der Waals surface area contributed by atoms with Crippen molar-refractivity contribution in [1.82, 2.24) is 5.32 Å². The summed E-state index contributed by atoms with van der Waals surface area (Å²) in [6.45, 7) is 4.21. The molecule has 0 aromatic carbocycles. The summed E-state index contributed by atoms with van der Waals surface area (Å²) >= 11 is 0. The van der Waals surface area contributed by atoms with Gasteiger partial charge in [0.2, 0.25) is 0 Å². The van der Waals surface area contributed by atoms with E-state index in [0.29, 0.717) is 5.57 Å². The van der Waals surface area contributed by atoms with E-state index in [1.54, 1.807) is 6.92 Å². The van der Waals surface area contributed by atoms with Crippen LogP contribution in [0.3, 0.4) is 0 Å². The second-order valence-electron chi connectivity index (χ2n) is 1.69. The highest BCUT2D eigenvalue weighted by Crippen LogP contribution is 1.87. The molecule has 0 heterocycles. The van der Waals surface area contributed by atoms with Crippen LogP contribution in [-0.2, 0) is 4.79 Å². The molecule has 0 saturated carbocycles. The fraction of sp³-hybridized carbons (Fsp3) is 0.500. The molecule has 0 unspecified atom stereocenters. The lowest BCUT2D eigenvalue weighted by atomic mass is 10.3. The standard InChI is InChI=1S/C6H11NO2/c1-3-7-4-5(2)6(8)9/h4,7H,3H2,1-2H3,(H,8,9)/b5-4+. The molecule has 0 bridgehead atoms. The summed E-state index contributed by atoms with van der Waals surface area (Å²) in [5, 5.41) is 11.1. The number of nitrogens with one attached hydrogen (secondary N) is 1. The second kappa shape index (κ2) is 3.95. The molecular formula is C6H11NO2. The van der Waals surface area contributed by atoms with Gasteiger partial charge in [-0.15, -0.1) is 0 Å². The van der Waals surface area contributed by atoms with Gasteiger partial charge in [0.15, 0.2) is 0 Å². The molecule has 0 aromatic rings. The molecule has 0 aliphatic heterocycles. The molecular weight excluding hydrogens is 118 g/mol. The van der Waals surface area contributed by atoms with Gasteiger partial charge in [0.1, 0.15) is 0 Å². The van der Waals surface area contributed by atoms with E-state index in [4.69, 9.17) is 5.11 Å². The van der Waals surface area contributed by atoms with Crippen LogP contribution < -0.4 is 5.32 Å². The largest absolute Gasteiger partial charge is 0.478 e. The van der Waals surface area contributed by atoms with E-state index in [1.807, 2.05) is 6.92 Å². The number of aliphatic carboxylic acids is 1. The van der Waals surface area contributed by atoms with Gasteiger partial charge in [-0.25, -0.2) is 4.79 Å². The van der Waals surface area contributed by atoms with E-state index in [-0.39, 0.29) is 0 Å². The minimum absolute atomic E-state index is 0.330. The van der Waals surface area contributed by atoms with Crippen LogP contribution >= 0.6 is 0 Å². The van der Waals surface area contributed by atoms with Gasteiger partial charge < -0.3 is 10.4 Å². The molecule has 0 fully saturated rings. The summed E-state index contributed by atoms with van der Waals surface area (Å²) in [6.07, 6.45) is 1.49. The van der Waals surface area contributed by atoms with E-state index >= 15 is 0 Å². The summed E-state index contributed by atoms with van der Waals surface area (Å²) in [5.41, 5.74) is 0.330. The summed E-state index contributed by atoms with van der Waals surface area (Å²) in [6, 6.07) is 0. The van der Waals surface area contributed by atoms with Crippen molar-refractivity contribution in [3.63, 3.8) is 0 Å². The van der Waals surface area contributed by atoms with Crippen LogP contribution in [0.2, 0.25) is 0 Å². The van der Waals surface area contributed by atoms with Gasteiger partial charge in [-0.1, -0.05) is 0 Å². The van der Waals surface area contributed by atoms with Crippen molar-refractivity contribution in [1.29, 1.82) is 0 Å². The molecule has 0 aliphatic carbocycles. The zero-order valence-corrected chi connectivity index (χ0v) is 5.64. The van der Waals surface area contributed by atoms with Crippen LogP contribution in [0.25, 0.3) is 0 Å². The molecule has 2 N–H and O–H groups in total. The van der Waals surface area contributed by atoms with Gasteiger partial charge in [-0.3, -0.25) is 0 Å². The maximum Gasteiger partial charge on any atom is 0.332 e. The Labute approximate surface area is 54.4 Å². The summed E-state index contributed by atoms with van der Waals surface area (Å²) in [5.74, 6) is -0.879. The van der Waals surface area contributed by atoms with Gasteiger partial charge in [0.05, 0.1) is 0 Å². The van der Waals surface area contributed by atoms with E-state index in [2.05, 4.69) is 5.32 Å². The number of carbonyl (C=O) groups is 1. The maximum absolute atomic E-state index is 10.1. The SMILES string of the molecule is CCN/C=C(\C)C(=O)O. The predicted molar refractivity (Wildman–Crippen MR) is 35.1 cm³/mol. The molecule has 52 valence electrons. The van der Waals surface area contributed by atoms with E-state index < -0.39 is 5.97 Å². The van der Waals surface area contributed by atoms with Crippen LogP contribution in [0.15, 0.2) is 11.8 Å². The first kappa shape index (κ1) is 8.01. The summed E-state index contributed by atoms with van der Waals surface area (Å²) in [4.78, 5) is 10.1. The average Bonchev–Trinajstić information content (AvgIpc) is 1.82. The fourth-order valence-electron chi connectivity index (χ4n) is 0.317. The van der Waals surface area contributed by atoms with E-state index in [1.165, 1.54) is 6.20 Å². The molecule has 0 aliphatic rings. The average molecular weight is 129 g/mol. The summed E-state index contributed by atoms with van der Waals surface area (Å²) < 4.78 is 0. The van der Waals surface area contributed by atoms with Gasteiger partial charge in [-0.2, -0.15) is 0 Å². The Hall–Kier alpha value is -0.990. The van der Waals surface area contributed by atoms with Crippen molar-refractivity contribution in [3.8, 4) is 0 Å². The Balaban J connectivity index is 3.69. The normalized spacial score (nSPS) is 11.1. The second-order valence-corrected chi connectivity index (χ2v) is 1.69. The monoisotopic (exact) mass is 129 g/mol. The zero-order chi connectivity index (χ0) is 7.28. The molecule has 0 atom stereocenters. The molecule has 0 rings (SSSR count). The Kier molecular flexibility index (Phi) is 3.51. The number of carboxylic acid groups (broad SMARTS) is 1. The topological polar surface area (TPSA) is 49.3 Å². The number of rotatable bonds is 3. The molecule has 9 heavy (non-hydrogen) atoms.